The van der Waals surface area contributed by atoms with E-state index in [1.807, 2.05) is 0 Å². The summed E-state index contributed by atoms with van der Waals surface area (Å²) in [6.45, 7) is 0. The molecule has 0 N–H and O–H groups in total. The summed E-state index contributed by atoms with van der Waals surface area (Å²) >= 11 is 0. The highest BCUT2D eigenvalue weighted by atomic mass is 16.5. The van der Waals surface area contributed by atoms with E-state index in [2.05, 4.69) is 5.16 Å². The number of esters is 1. The molecule has 0 bridgehead atoms. The number of hydrogen-bond acceptors (Lipinski definition) is 7. The maximum Gasteiger partial charge on any atom is 0.337 e. The summed E-state index contributed by atoms with van der Waals surface area (Å²) in [6, 6.07) is 10.6. The van der Waals surface area contributed by atoms with Gasteiger partial charge in [-0.2, -0.15) is 0 Å². The Morgan fingerprint density at radius 1 is 0.889 bits per heavy atom. The predicted octanol–water partition coefficient (Wildman–Crippen LogP) is 3.82. The Kier molecular flexibility index (Phi) is 5.30. The van der Waals surface area contributed by atoms with Crippen LogP contribution in [0.25, 0.3) is 22.5 Å². The number of aromatic nitrogens is 1. The van der Waals surface area contributed by atoms with Crippen LogP contribution in [-0.2, 0) is 4.74 Å². The first-order valence-electron chi connectivity index (χ1n) is 8.06. The summed E-state index contributed by atoms with van der Waals surface area (Å²) < 4.78 is 26.4. The van der Waals surface area contributed by atoms with Crippen molar-refractivity contribution in [3.05, 3.63) is 48.2 Å². The fourth-order valence-electron chi connectivity index (χ4n) is 2.77. The summed E-state index contributed by atoms with van der Waals surface area (Å²) in [4.78, 5) is 11.6. The van der Waals surface area contributed by atoms with E-state index in [1.165, 1.54) is 7.11 Å². The van der Waals surface area contributed by atoms with E-state index < -0.39 is 5.97 Å². The van der Waals surface area contributed by atoms with Crippen molar-refractivity contribution in [2.75, 3.05) is 28.4 Å². The monoisotopic (exact) mass is 369 g/mol. The minimum Gasteiger partial charge on any atom is -0.493 e. The van der Waals surface area contributed by atoms with E-state index in [0.29, 0.717) is 34.1 Å². The topological polar surface area (TPSA) is 80.0 Å². The second kappa shape index (κ2) is 7.82. The van der Waals surface area contributed by atoms with Crippen LogP contribution in [0.1, 0.15) is 10.4 Å². The van der Waals surface area contributed by atoms with Crippen molar-refractivity contribution < 1.29 is 28.3 Å². The van der Waals surface area contributed by atoms with Crippen LogP contribution in [0.2, 0.25) is 0 Å². The molecule has 0 radical (unpaired) electrons. The molecule has 0 saturated heterocycles. The molecule has 27 heavy (non-hydrogen) atoms. The molecule has 0 unspecified atom stereocenters. The van der Waals surface area contributed by atoms with Gasteiger partial charge < -0.3 is 23.5 Å². The van der Waals surface area contributed by atoms with Crippen molar-refractivity contribution in [3.8, 4) is 39.7 Å². The van der Waals surface area contributed by atoms with Gasteiger partial charge in [0.25, 0.3) is 0 Å². The fraction of sp³-hybridized carbons (Fsp3) is 0.200. The van der Waals surface area contributed by atoms with Crippen LogP contribution in [0.4, 0.5) is 0 Å². The Labute approximate surface area is 156 Å². The summed E-state index contributed by atoms with van der Waals surface area (Å²) in [5.74, 6) is 1.66. The molecule has 3 rings (SSSR count). The van der Waals surface area contributed by atoms with E-state index in [4.69, 9.17) is 23.5 Å². The quantitative estimate of drug-likeness (QED) is 0.611. The van der Waals surface area contributed by atoms with E-state index in [1.54, 1.807) is 63.9 Å². The van der Waals surface area contributed by atoms with Gasteiger partial charge >= 0.3 is 5.97 Å². The average molecular weight is 369 g/mol. The SMILES string of the molecule is COC(=O)c1ccc(-c2cnoc2-c2cc(OC)c(OC)c(OC)c2)cc1. The molecule has 1 aromatic heterocycles. The molecule has 0 amide bonds. The smallest absolute Gasteiger partial charge is 0.337 e. The third-order valence-corrected chi connectivity index (χ3v) is 4.11. The Hall–Kier alpha value is -3.48. The lowest BCUT2D eigenvalue weighted by molar-refractivity contribution is 0.0601. The largest absolute Gasteiger partial charge is 0.493 e. The second-order valence-electron chi connectivity index (χ2n) is 5.55. The molecule has 7 nitrogen and oxygen atoms in total. The van der Waals surface area contributed by atoms with E-state index >= 15 is 0 Å². The minimum absolute atomic E-state index is 0.392. The van der Waals surface area contributed by atoms with Gasteiger partial charge in [-0.1, -0.05) is 17.3 Å². The molecule has 0 atom stereocenters. The zero-order chi connectivity index (χ0) is 19.4. The van der Waals surface area contributed by atoms with Crippen LogP contribution in [0.5, 0.6) is 17.2 Å². The second-order valence-corrected chi connectivity index (χ2v) is 5.55. The zero-order valence-electron chi connectivity index (χ0n) is 15.4. The number of rotatable bonds is 6. The van der Waals surface area contributed by atoms with Crippen LogP contribution in [0.3, 0.4) is 0 Å². The zero-order valence-corrected chi connectivity index (χ0v) is 15.4. The summed E-state index contributed by atoms with van der Waals surface area (Å²) in [6.07, 6.45) is 1.62. The number of hydrogen-bond donors (Lipinski definition) is 0. The molecular weight excluding hydrogens is 350 g/mol. The van der Waals surface area contributed by atoms with Gasteiger partial charge in [0.15, 0.2) is 17.3 Å². The molecule has 7 heteroatoms. The molecule has 0 aliphatic rings. The lowest BCUT2D eigenvalue weighted by atomic mass is 10.0. The Morgan fingerprint density at radius 2 is 1.52 bits per heavy atom. The first kappa shape index (κ1) is 18.3. The Bertz CT molecular complexity index is 920. The van der Waals surface area contributed by atoms with Crippen LogP contribution < -0.4 is 14.2 Å². The molecule has 3 aromatic rings. The molecule has 1 heterocycles. The Morgan fingerprint density at radius 3 is 2.04 bits per heavy atom. The summed E-state index contributed by atoms with van der Waals surface area (Å²) in [7, 11) is 5.99. The minimum atomic E-state index is -0.392. The van der Waals surface area contributed by atoms with Crippen molar-refractivity contribution in [2.24, 2.45) is 0 Å². The van der Waals surface area contributed by atoms with Crippen molar-refractivity contribution in [1.82, 2.24) is 5.16 Å². The van der Waals surface area contributed by atoms with Gasteiger partial charge in [0.05, 0.1) is 40.2 Å². The van der Waals surface area contributed by atoms with Gasteiger partial charge in [0.2, 0.25) is 5.75 Å². The molecule has 0 saturated carbocycles. The number of nitrogens with zero attached hydrogens (tertiary/aromatic N) is 1. The molecule has 140 valence electrons. The normalized spacial score (nSPS) is 10.4. The summed E-state index contributed by atoms with van der Waals surface area (Å²) in [5.41, 5.74) is 2.79. The predicted molar refractivity (Wildman–Crippen MR) is 98.4 cm³/mol. The van der Waals surface area contributed by atoms with Crippen molar-refractivity contribution in [1.29, 1.82) is 0 Å². The van der Waals surface area contributed by atoms with Gasteiger partial charge in [-0.25, -0.2) is 4.79 Å². The maximum absolute atomic E-state index is 11.6. The molecule has 0 fully saturated rings. The van der Waals surface area contributed by atoms with E-state index in [9.17, 15) is 4.79 Å². The van der Waals surface area contributed by atoms with Crippen LogP contribution >= 0.6 is 0 Å². The van der Waals surface area contributed by atoms with Gasteiger partial charge in [0, 0.05) is 11.1 Å². The Balaban J connectivity index is 2.06. The number of carbonyl (C=O) groups excluding carboxylic acids is 1. The molecule has 0 spiro atoms. The first-order chi connectivity index (χ1) is 13.1. The standard InChI is InChI=1S/C20H19NO6/c1-23-16-9-14(10-17(24-2)19(16)25-3)18-15(11-21-27-18)12-5-7-13(8-6-12)20(22)26-4/h5-11H,1-4H3. The molecule has 0 aliphatic heterocycles. The highest BCUT2D eigenvalue weighted by molar-refractivity contribution is 5.90. The number of benzene rings is 2. The summed E-state index contributed by atoms with van der Waals surface area (Å²) in [5, 5.41) is 3.92. The molecular formula is C20H19NO6. The maximum atomic E-state index is 11.6. The third-order valence-electron chi connectivity index (χ3n) is 4.11. The van der Waals surface area contributed by atoms with Crippen molar-refractivity contribution in [3.63, 3.8) is 0 Å². The number of carbonyl (C=O) groups is 1. The highest BCUT2D eigenvalue weighted by Crippen LogP contribution is 2.43. The molecule has 0 aliphatic carbocycles. The van der Waals surface area contributed by atoms with Gasteiger partial charge in [-0.15, -0.1) is 0 Å². The van der Waals surface area contributed by atoms with Gasteiger partial charge in [0.1, 0.15) is 0 Å². The van der Waals surface area contributed by atoms with E-state index in [0.717, 1.165) is 11.1 Å². The number of ether oxygens (including phenoxy) is 4. The van der Waals surface area contributed by atoms with Crippen LogP contribution in [-0.4, -0.2) is 39.6 Å². The average Bonchev–Trinajstić information content (AvgIpc) is 3.21. The lowest BCUT2D eigenvalue weighted by Gasteiger charge is -2.13. The lowest BCUT2D eigenvalue weighted by Crippen LogP contribution is -2.00. The first-order valence-corrected chi connectivity index (χ1v) is 8.06. The van der Waals surface area contributed by atoms with Crippen molar-refractivity contribution >= 4 is 5.97 Å². The number of methoxy groups -OCH3 is 4. The van der Waals surface area contributed by atoms with Gasteiger partial charge in [-0.05, 0) is 29.8 Å². The fourth-order valence-corrected chi connectivity index (χ4v) is 2.77. The van der Waals surface area contributed by atoms with E-state index in [-0.39, 0.29) is 0 Å². The molecule has 2 aromatic carbocycles. The van der Waals surface area contributed by atoms with Crippen molar-refractivity contribution in [2.45, 2.75) is 0 Å². The van der Waals surface area contributed by atoms with Gasteiger partial charge in [-0.3, -0.25) is 0 Å². The van der Waals surface area contributed by atoms with Crippen LogP contribution in [0, 0.1) is 0 Å². The van der Waals surface area contributed by atoms with Crippen LogP contribution in [0.15, 0.2) is 47.1 Å². The highest BCUT2D eigenvalue weighted by Gasteiger charge is 2.19. The third kappa shape index (κ3) is 3.44.